The van der Waals surface area contributed by atoms with Crippen molar-refractivity contribution in [2.75, 3.05) is 17.1 Å². The second kappa shape index (κ2) is 9.32. The summed E-state index contributed by atoms with van der Waals surface area (Å²) in [5.74, 6) is 0.604. The Bertz CT molecular complexity index is 1100. The molecule has 156 valence electrons. The number of hydrogen-bond donors (Lipinski definition) is 2. The largest absolute Gasteiger partial charge is 0.493 e. The fourth-order valence-electron chi connectivity index (χ4n) is 2.64. The van der Waals surface area contributed by atoms with Crippen molar-refractivity contribution in [3.8, 4) is 11.5 Å². The summed E-state index contributed by atoms with van der Waals surface area (Å²) in [4.78, 5) is 12.5. The van der Waals surface area contributed by atoms with Crippen molar-refractivity contribution < 1.29 is 22.7 Å². The molecule has 1 atom stereocenters. The van der Waals surface area contributed by atoms with Crippen molar-refractivity contribution in [3.63, 3.8) is 0 Å². The normalized spacial score (nSPS) is 11.9. The van der Waals surface area contributed by atoms with Crippen LogP contribution in [0.1, 0.15) is 6.92 Å². The summed E-state index contributed by atoms with van der Waals surface area (Å²) >= 11 is 0. The maximum absolute atomic E-state index is 12.5. The maximum atomic E-state index is 12.5. The molecule has 0 aliphatic heterocycles. The van der Waals surface area contributed by atoms with Gasteiger partial charge < -0.3 is 14.8 Å². The highest BCUT2D eigenvalue weighted by atomic mass is 32.2. The molecule has 3 aromatic carbocycles. The van der Waals surface area contributed by atoms with Crippen molar-refractivity contribution >= 4 is 27.3 Å². The zero-order valence-corrected chi connectivity index (χ0v) is 17.3. The van der Waals surface area contributed by atoms with Crippen molar-refractivity contribution in [3.05, 3.63) is 78.9 Å². The summed E-state index contributed by atoms with van der Waals surface area (Å²) in [5, 5.41) is 2.71. The van der Waals surface area contributed by atoms with Gasteiger partial charge in [-0.2, -0.15) is 0 Å². The van der Waals surface area contributed by atoms with Gasteiger partial charge in [0.15, 0.2) is 17.6 Å². The molecule has 30 heavy (non-hydrogen) atoms. The van der Waals surface area contributed by atoms with Crippen molar-refractivity contribution in [1.82, 2.24) is 0 Å². The molecule has 0 saturated heterocycles. The van der Waals surface area contributed by atoms with E-state index in [1.807, 2.05) is 0 Å². The Morgan fingerprint density at radius 1 is 0.833 bits per heavy atom. The van der Waals surface area contributed by atoms with Gasteiger partial charge in [0.25, 0.3) is 15.9 Å². The number of benzene rings is 3. The average molecular weight is 426 g/mol. The molecule has 0 bridgehead atoms. The number of carbonyl (C=O) groups is 1. The summed E-state index contributed by atoms with van der Waals surface area (Å²) in [6.07, 6.45) is -0.788. The molecule has 3 aromatic rings. The fourth-order valence-corrected chi connectivity index (χ4v) is 3.70. The standard InChI is InChI=1S/C22H22N2O5S/c1-16(29-21-11-7-6-10-20(21)28-2)22(25)23-17-12-14-19(15-13-17)30(26,27)24-18-8-4-3-5-9-18/h3-16,24H,1-2H3,(H,23,25)/t16-/m0/s1. The van der Waals surface area contributed by atoms with E-state index in [9.17, 15) is 13.2 Å². The van der Waals surface area contributed by atoms with Crippen LogP contribution in [0, 0.1) is 0 Å². The van der Waals surface area contributed by atoms with Gasteiger partial charge in [0.1, 0.15) is 0 Å². The SMILES string of the molecule is COc1ccccc1O[C@@H](C)C(=O)Nc1ccc(S(=O)(=O)Nc2ccccc2)cc1. The smallest absolute Gasteiger partial charge is 0.265 e. The average Bonchev–Trinajstić information content (AvgIpc) is 2.75. The van der Waals surface area contributed by atoms with E-state index in [-0.39, 0.29) is 10.8 Å². The number of anilines is 2. The summed E-state index contributed by atoms with van der Waals surface area (Å²) in [5.41, 5.74) is 0.923. The summed E-state index contributed by atoms with van der Waals surface area (Å²) < 4.78 is 38.3. The lowest BCUT2D eigenvalue weighted by molar-refractivity contribution is -0.122. The van der Waals surface area contributed by atoms with Gasteiger partial charge in [-0.25, -0.2) is 8.42 Å². The Labute approximate surface area is 175 Å². The van der Waals surface area contributed by atoms with Crippen molar-refractivity contribution in [1.29, 1.82) is 0 Å². The molecule has 0 aliphatic carbocycles. The van der Waals surface area contributed by atoms with Gasteiger partial charge in [0.2, 0.25) is 0 Å². The lowest BCUT2D eigenvalue weighted by atomic mass is 10.3. The zero-order chi connectivity index (χ0) is 21.6. The topological polar surface area (TPSA) is 93.7 Å². The zero-order valence-electron chi connectivity index (χ0n) is 16.5. The third-order valence-corrected chi connectivity index (χ3v) is 5.60. The Morgan fingerprint density at radius 2 is 1.43 bits per heavy atom. The van der Waals surface area contributed by atoms with Crippen LogP contribution in [0.25, 0.3) is 0 Å². The molecular weight excluding hydrogens is 404 g/mol. The van der Waals surface area contributed by atoms with E-state index in [4.69, 9.17) is 9.47 Å². The number of amides is 1. The fraction of sp³-hybridized carbons (Fsp3) is 0.136. The Kier molecular flexibility index (Phi) is 6.58. The maximum Gasteiger partial charge on any atom is 0.265 e. The number of methoxy groups -OCH3 is 1. The van der Waals surface area contributed by atoms with E-state index in [2.05, 4.69) is 10.0 Å². The first-order chi connectivity index (χ1) is 14.4. The van der Waals surface area contributed by atoms with Crippen LogP contribution in [0.3, 0.4) is 0 Å². The molecule has 0 heterocycles. The lowest BCUT2D eigenvalue weighted by Crippen LogP contribution is -2.30. The number of nitrogens with one attached hydrogen (secondary N) is 2. The van der Waals surface area contributed by atoms with Crippen molar-refractivity contribution in [2.24, 2.45) is 0 Å². The highest BCUT2D eigenvalue weighted by Gasteiger charge is 2.18. The minimum atomic E-state index is -3.72. The summed E-state index contributed by atoms with van der Waals surface area (Å²) in [6, 6.07) is 21.5. The summed E-state index contributed by atoms with van der Waals surface area (Å²) in [6.45, 7) is 1.62. The van der Waals surface area contributed by atoms with Crippen LogP contribution in [0.5, 0.6) is 11.5 Å². The number of para-hydroxylation sites is 3. The van der Waals surface area contributed by atoms with Gasteiger partial charge in [0.05, 0.1) is 12.0 Å². The Hall–Kier alpha value is -3.52. The van der Waals surface area contributed by atoms with Gasteiger partial charge in [-0.05, 0) is 55.5 Å². The van der Waals surface area contributed by atoms with Gasteiger partial charge in [-0.15, -0.1) is 0 Å². The second-order valence-electron chi connectivity index (χ2n) is 6.40. The predicted octanol–water partition coefficient (Wildman–Crippen LogP) is 3.90. The quantitative estimate of drug-likeness (QED) is 0.570. The van der Waals surface area contributed by atoms with Crippen LogP contribution in [-0.4, -0.2) is 27.5 Å². The predicted molar refractivity (Wildman–Crippen MR) is 115 cm³/mol. The van der Waals surface area contributed by atoms with Crippen LogP contribution >= 0.6 is 0 Å². The summed E-state index contributed by atoms with van der Waals surface area (Å²) in [7, 11) is -2.20. The molecule has 8 heteroatoms. The van der Waals surface area contributed by atoms with Crippen LogP contribution < -0.4 is 19.5 Å². The Balaban J connectivity index is 1.64. The van der Waals surface area contributed by atoms with E-state index in [1.165, 1.54) is 31.4 Å². The minimum absolute atomic E-state index is 0.0858. The molecule has 1 amide bonds. The number of ether oxygens (including phenoxy) is 2. The van der Waals surface area contributed by atoms with Crippen LogP contribution in [0.2, 0.25) is 0 Å². The van der Waals surface area contributed by atoms with E-state index < -0.39 is 16.1 Å². The highest BCUT2D eigenvalue weighted by Crippen LogP contribution is 2.27. The number of sulfonamides is 1. The molecule has 7 nitrogen and oxygen atoms in total. The number of rotatable bonds is 8. The molecule has 0 spiro atoms. The van der Waals surface area contributed by atoms with Crippen LogP contribution in [0.4, 0.5) is 11.4 Å². The number of hydrogen-bond acceptors (Lipinski definition) is 5. The highest BCUT2D eigenvalue weighted by molar-refractivity contribution is 7.92. The monoisotopic (exact) mass is 426 g/mol. The molecule has 0 radical (unpaired) electrons. The van der Waals surface area contributed by atoms with Gasteiger partial charge in [-0.1, -0.05) is 30.3 Å². The third-order valence-electron chi connectivity index (χ3n) is 4.20. The second-order valence-corrected chi connectivity index (χ2v) is 8.08. The van der Waals surface area contributed by atoms with Crippen LogP contribution in [0.15, 0.2) is 83.8 Å². The van der Waals surface area contributed by atoms with E-state index in [1.54, 1.807) is 61.5 Å². The first-order valence-corrected chi connectivity index (χ1v) is 10.7. The van der Waals surface area contributed by atoms with E-state index in [0.29, 0.717) is 22.9 Å². The van der Waals surface area contributed by atoms with Crippen molar-refractivity contribution in [2.45, 2.75) is 17.9 Å². The van der Waals surface area contributed by atoms with Gasteiger partial charge in [-0.3, -0.25) is 9.52 Å². The molecule has 3 rings (SSSR count). The Morgan fingerprint density at radius 3 is 2.07 bits per heavy atom. The molecular formula is C22H22N2O5S. The third kappa shape index (κ3) is 5.30. The van der Waals surface area contributed by atoms with Gasteiger partial charge in [0, 0.05) is 11.4 Å². The molecule has 2 N–H and O–H groups in total. The number of carbonyl (C=O) groups excluding carboxylic acids is 1. The van der Waals surface area contributed by atoms with Crippen LogP contribution in [-0.2, 0) is 14.8 Å². The molecule has 0 aromatic heterocycles. The minimum Gasteiger partial charge on any atom is -0.493 e. The molecule has 0 saturated carbocycles. The molecule has 0 unspecified atom stereocenters. The van der Waals surface area contributed by atoms with E-state index >= 15 is 0 Å². The van der Waals surface area contributed by atoms with Gasteiger partial charge >= 0.3 is 0 Å². The molecule has 0 aliphatic rings. The first-order valence-electron chi connectivity index (χ1n) is 9.17. The molecule has 0 fully saturated rings. The lowest BCUT2D eigenvalue weighted by Gasteiger charge is -2.16. The van der Waals surface area contributed by atoms with E-state index in [0.717, 1.165) is 0 Å². The first kappa shape index (κ1) is 21.2.